The van der Waals surface area contributed by atoms with Gasteiger partial charge in [0, 0.05) is 5.52 Å². The molecule has 0 bridgehead atoms. The zero-order valence-electron chi connectivity index (χ0n) is 6.19. The monoisotopic (exact) mass is 266 g/mol. The molecule has 1 aromatic heterocycles. The van der Waals surface area contributed by atoms with E-state index in [-0.39, 0.29) is 39.2 Å². The Bertz CT molecular complexity index is 473. The summed E-state index contributed by atoms with van der Waals surface area (Å²) in [6, 6.07) is 4.90. The molecule has 0 aliphatic rings. The molecule has 13 heavy (non-hydrogen) atoms. The van der Waals surface area contributed by atoms with Crippen molar-refractivity contribution < 1.29 is 27.5 Å². The number of phenols is 1. The number of nitrogens with zero attached hydrogens (tertiary/aromatic N) is 4. The fraction of sp³-hybridized carbons (Fsp3) is 0. The maximum atomic E-state index is 9.37. The van der Waals surface area contributed by atoms with E-state index in [1.807, 2.05) is 6.07 Å². The fourth-order valence-electron chi connectivity index (χ4n) is 0.954. The predicted molar refractivity (Wildman–Crippen MR) is 39.2 cm³/mol. The summed E-state index contributed by atoms with van der Waals surface area (Å²) in [4.78, 5) is 0. The van der Waals surface area contributed by atoms with Crippen LogP contribution in [0.25, 0.3) is 11.0 Å². The molecule has 0 saturated carbocycles. The molecule has 0 spiro atoms. The van der Waals surface area contributed by atoms with Gasteiger partial charge in [-0.05, 0) is 11.6 Å². The Kier molecular flexibility index (Phi) is 2.68. The van der Waals surface area contributed by atoms with Crippen molar-refractivity contribution in [2.45, 2.75) is 0 Å². The normalized spacial score (nSPS) is 9.15. The molecule has 0 atom stereocenters. The van der Waals surface area contributed by atoms with E-state index in [9.17, 15) is 5.11 Å². The van der Waals surface area contributed by atoms with Gasteiger partial charge in [0.25, 0.3) is 0 Å². The summed E-state index contributed by atoms with van der Waals surface area (Å²) in [6.45, 7) is 0. The van der Waals surface area contributed by atoms with E-state index in [0.717, 1.165) is 0 Å². The standard InChI is InChI=1S/C7H3N4O.Ag/c8-3-4-1-2-5-6(7(4)12)10-11-9-5;/h1-2H,(H-,9,10,11,12);/q-1;+1. The van der Waals surface area contributed by atoms with E-state index in [1.165, 1.54) is 6.07 Å². The van der Waals surface area contributed by atoms with Crippen molar-refractivity contribution in [1.82, 2.24) is 15.4 Å². The average Bonchev–Trinajstić information content (AvgIpc) is 2.53. The van der Waals surface area contributed by atoms with Crippen LogP contribution in [0.1, 0.15) is 5.56 Å². The summed E-state index contributed by atoms with van der Waals surface area (Å²) in [5.74, 6) is -0.153. The van der Waals surface area contributed by atoms with E-state index in [4.69, 9.17) is 5.26 Å². The maximum absolute atomic E-state index is 9.37. The topological polar surface area (TPSA) is 83.9 Å². The van der Waals surface area contributed by atoms with Crippen LogP contribution in [-0.2, 0) is 22.4 Å². The Morgan fingerprint density at radius 3 is 2.92 bits per heavy atom. The van der Waals surface area contributed by atoms with E-state index in [1.54, 1.807) is 6.07 Å². The van der Waals surface area contributed by atoms with E-state index >= 15 is 0 Å². The van der Waals surface area contributed by atoms with Crippen LogP contribution in [0.5, 0.6) is 5.75 Å². The smallest absolute Gasteiger partial charge is 0.506 e. The molecule has 1 N–H and O–H groups in total. The van der Waals surface area contributed by atoms with Gasteiger partial charge >= 0.3 is 22.4 Å². The van der Waals surface area contributed by atoms with Crippen LogP contribution < -0.4 is 5.10 Å². The minimum Gasteiger partial charge on any atom is -0.506 e. The number of hydrogen-bond acceptors (Lipinski definition) is 4. The summed E-state index contributed by atoms with van der Waals surface area (Å²) < 4.78 is 0. The summed E-state index contributed by atoms with van der Waals surface area (Å²) in [5, 5.41) is 28.5. The van der Waals surface area contributed by atoms with Crippen LogP contribution in [0.15, 0.2) is 12.1 Å². The van der Waals surface area contributed by atoms with Gasteiger partial charge in [0.2, 0.25) is 0 Å². The summed E-state index contributed by atoms with van der Waals surface area (Å²) in [7, 11) is 0. The predicted octanol–water partition coefficient (Wildman–Crippen LogP) is 0.162. The second-order valence-corrected chi connectivity index (χ2v) is 2.23. The summed E-state index contributed by atoms with van der Waals surface area (Å²) in [6.07, 6.45) is 0. The molecule has 2 aromatic rings. The van der Waals surface area contributed by atoms with Gasteiger partial charge in [-0.25, -0.2) is 0 Å². The molecule has 1 heterocycles. The minimum atomic E-state index is -0.153. The molecule has 0 aliphatic carbocycles. The average molecular weight is 267 g/mol. The number of aromatic hydroxyl groups is 1. The first-order valence-electron chi connectivity index (χ1n) is 3.21. The molecule has 0 amide bonds. The van der Waals surface area contributed by atoms with Crippen molar-refractivity contribution in [1.29, 1.82) is 5.26 Å². The largest absolute Gasteiger partial charge is 1.00 e. The molecule has 5 nitrogen and oxygen atoms in total. The Hall–Kier alpha value is -1.35. The number of phenolic OH excluding ortho intramolecular Hbond substituents is 1. The van der Waals surface area contributed by atoms with Crippen LogP contribution in [0.3, 0.4) is 0 Å². The minimum absolute atomic E-state index is 0. The molecule has 0 saturated heterocycles. The first-order valence-corrected chi connectivity index (χ1v) is 3.21. The zero-order valence-corrected chi connectivity index (χ0v) is 7.67. The Morgan fingerprint density at radius 2 is 2.23 bits per heavy atom. The fourth-order valence-corrected chi connectivity index (χ4v) is 0.954. The van der Waals surface area contributed by atoms with Crippen molar-refractivity contribution in [2.75, 3.05) is 0 Å². The molecule has 2 rings (SSSR count). The van der Waals surface area contributed by atoms with Crippen LogP contribution in [0, 0.1) is 11.3 Å². The number of aromatic nitrogens is 3. The van der Waals surface area contributed by atoms with Gasteiger partial charge in [0.05, 0.1) is 5.56 Å². The summed E-state index contributed by atoms with van der Waals surface area (Å²) in [5.41, 5.74) is 0.949. The Balaban J connectivity index is 0.000000845. The van der Waals surface area contributed by atoms with Gasteiger partial charge in [-0.15, -0.1) is 0 Å². The van der Waals surface area contributed by atoms with Gasteiger partial charge < -0.3 is 15.3 Å². The van der Waals surface area contributed by atoms with Crippen LogP contribution in [0.2, 0.25) is 0 Å². The van der Waals surface area contributed by atoms with Crippen molar-refractivity contribution in [3.05, 3.63) is 17.7 Å². The number of rotatable bonds is 0. The van der Waals surface area contributed by atoms with E-state index in [0.29, 0.717) is 5.52 Å². The number of benzene rings is 1. The number of hydrogen-bond donors (Lipinski definition) is 1. The second-order valence-electron chi connectivity index (χ2n) is 2.23. The van der Waals surface area contributed by atoms with E-state index < -0.39 is 0 Å². The zero-order chi connectivity index (χ0) is 8.55. The van der Waals surface area contributed by atoms with Crippen LogP contribution >= 0.6 is 0 Å². The van der Waals surface area contributed by atoms with Crippen molar-refractivity contribution in [3.63, 3.8) is 0 Å². The van der Waals surface area contributed by atoms with Crippen LogP contribution in [0.4, 0.5) is 0 Å². The van der Waals surface area contributed by atoms with Gasteiger partial charge in [0.15, 0.2) is 0 Å². The first kappa shape index (κ1) is 9.74. The number of nitriles is 1. The number of fused-ring (bicyclic) bond motifs is 1. The van der Waals surface area contributed by atoms with Crippen molar-refractivity contribution >= 4 is 11.0 Å². The Labute approximate surface area is 88.9 Å². The van der Waals surface area contributed by atoms with Gasteiger partial charge in [-0.1, -0.05) is 6.07 Å². The molecule has 68 valence electrons. The molecule has 0 aliphatic heterocycles. The maximum Gasteiger partial charge on any atom is 1.00 e. The molecule has 6 heteroatoms. The molecular weight excluding hydrogens is 264 g/mol. The molecule has 0 radical (unpaired) electrons. The van der Waals surface area contributed by atoms with Gasteiger partial charge in [0.1, 0.15) is 11.8 Å². The Morgan fingerprint density at radius 1 is 1.46 bits per heavy atom. The third-order valence-electron chi connectivity index (χ3n) is 1.55. The van der Waals surface area contributed by atoms with Crippen LogP contribution in [-0.4, -0.2) is 15.4 Å². The molecular formula is C7H3AgN4O. The van der Waals surface area contributed by atoms with E-state index in [2.05, 4.69) is 15.4 Å². The SMILES string of the molecule is N#Cc1ccc2[n-]nnc2c1O.[Ag+]. The summed E-state index contributed by atoms with van der Waals surface area (Å²) >= 11 is 0. The van der Waals surface area contributed by atoms with Gasteiger partial charge in [-0.2, -0.15) is 5.26 Å². The van der Waals surface area contributed by atoms with Gasteiger partial charge in [-0.3, -0.25) is 5.21 Å². The third kappa shape index (κ3) is 1.42. The quantitative estimate of drug-likeness (QED) is 0.687. The van der Waals surface area contributed by atoms with Crippen molar-refractivity contribution in [2.24, 2.45) is 0 Å². The second kappa shape index (κ2) is 3.58. The molecule has 0 fully saturated rings. The molecule has 1 aromatic carbocycles. The first-order chi connectivity index (χ1) is 5.83. The van der Waals surface area contributed by atoms with Crippen molar-refractivity contribution in [3.8, 4) is 11.8 Å². The third-order valence-corrected chi connectivity index (χ3v) is 1.55. The molecule has 0 unspecified atom stereocenters.